The molecule has 0 aromatic carbocycles. The van der Waals surface area contributed by atoms with Crippen molar-refractivity contribution in [2.24, 2.45) is 14.1 Å². The van der Waals surface area contributed by atoms with Crippen LogP contribution in [0.3, 0.4) is 0 Å². The highest BCUT2D eigenvalue weighted by atomic mass is 16.1. The van der Waals surface area contributed by atoms with Crippen molar-refractivity contribution in [1.29, 1.82) is 0 Å². The van der Waals surface area contributed by atoms with Crippen LogP contribution in [0.15, 0.2) is 18.3 Å². The Kier molecular flexibility index (Phi) is 4.47. The third-order valence-electron chi connectivity index (χ3n) is 4.59. The van der Waals surface area contributed by atoms with Gasteiger partial charge >= 0.3 is 0 Å². The van der Waals surface area contributed by atoms with Crippen LogP contribution in [0.2, 0.25) is 0 Å². The molecule has 2 aromatic heterocycles. The molecule has 1 amide bonds. The van der Waals surface area contributed by atoms with Crippen LogP contribution in [-0.4, -0.2) is 44.0 Å². The van der Waals surface area contributed by atoms with Crippen LogP contribution in [0.4, 0.5) is 0 Å². The Morgan fingerprint density at radius 3 is 2.87 bits per heavy atom. The highest BCUT2D eigenvalue weighted by molar-refractivity contribution is 5.92. The van der Waals surface area contributed by atoms with Crippen LogP contribution in [0, 0.1) is 0 Å². The first kappa shape index (κ1) is 15.7. The number of carbonyl (C=O) groups excluding carboxylic acids is 1. The predicted molar refractivity (Wildman–Crippen MR) is 86.8 cm³/mol. The molecule has 23 heavy (non-hydrogen) atoms. The maximum Gasteiger partial charge on any atom is 0.267 e. The number of nitrogens with one attached hydrogen (secondary N) is 1. The number of nitrogens with zero attached hydrogens (tertiary/aromatic N) is 5. The van der Waals surface area contributed by atoms with Crippen molar-refractivity contribution in [3.05, 3.63) is 35.4 Å². The molecule has 124 valence electrons. The molecule has 0 aliphatic carbocycles. The van der Waals surface area contributed by atoms with Gasteiger partial charge < -0.3 is 9.88 Å². The molecule has 7 nitrogen and oxygen atoms in total. The van der Waals surface area contributed by atoms with Crippen molar-refractivity contribution in [1.82, 2.24) is 29.8 Å². The molecule has 1 saturated heterocycles. The van der Waals surface area contributed by atoms with Crippen molar-refractivity contribution in [3.8, 4) is 0 Å². The molecule has 3 rings (SSSR count). The number of aryl methyl sites for hydroxylation is 1. The Balaban J connectivity index is 1.84. The lowest BCUT2D eigenvalue weighted by atomic mass is 9.99. The van der Waals surface area contributed by atoms with Crippen LogP contribution in [-0.2, 0) is 20.6 Å². The van der Waals surface area contributed by atoms with Gasteiger partial charge in [0.25, 0.3) is 5.91 Å². The van der Waals surface area contributed by atoms with Gasteiger partial charge in [0.15, 0.2) is 0 Å². The quantitative estimate of drug-likeness (QED) is 0.921. The molecule has 0 spiro atoms. The maximum absolute atomic E-state index is 11.9. The molecule has 1 aliphatic heterocycles. The van der Waals surface area contributed by atoms with Crippen molar-refractivity contribution >= 4 is 5.91 Å². The fourth-order valence-electron chi connectivity index (χ4n) is 3.40. The fraction of sp³-hybridized carbons (Fsp3) is 0.562. The first-order valence-corrected chi connectivity index (χ1v) is 8.07. The smallest absolute Gasteiger partial charge is 0.267 e. The zero-order valence-corrected chi connectivity index (χ0v) is 14.0. The lowest BCUT2D eigenvalue weighted by Crippen LogP contribution is -2.34. The second-order valence-corrected chi connectivity index (χ2v) is 6.09. The Bertz CT molecular complexity index is 689. The molecular weight excluding hydrogens is 292 g/mol. The summed E-state index contributed by atoms with van der Waals surface area (Å²) in [7, 11) is 5.47. The molecule has 1 fully saturated rings. The molecule has 1 unspecified atom stereocenters. The van der Waals surface area contributed by atoms with Crippen molar-refractivity contribution in [3.63, 3.8) is 0 Å². The zero-order chi connectivity index (χ0) is 16.4. The number of aromatic nitrogens is 4. The summed E-state index contributed by atoms with van der Waals surface area (Å²) in [6.07, 6.45) is 5.34. The van der Waals surface area contributed by atoms with Gasteiger partial charge in [-0.05, 0) is 31.5 Å². The van der Waals surface area contributed by atoms with Crippen molar-refractivity contribution in [2.75, 3.05) is 13.6 Å². The highest BCUT2D eigenvalue weighted by Gasteiger charge is 2.27. The topological polar surface area (TPSA) is 68.0 Å². The SMILES string of the molecule is CNC(=O)c1ccc(C2CCCCN2Cc2cnn(C)n2)n1C. The zero-order valence-electron chi connectivity index (χ0n) is 14.0. The summed E-state index contributed by atoms with van der Waals surface area (Å²) in [5.41, 5.74) is 2.87. The molecule has 0 radical (unpaired) electrons. The first-order valence-electron chi connectivity index (χ1n) is 8.07. The molecule has 1 N–H and O–H groups in total. The number of hydrogen-bond donors (Lipinski definition) is 1. The third-order valence-corrected chi connectivity index (χ3v) is 4.59. The number of piperidine rings is 1. The molecule has 1 aliphatic rings. The van der Waals surface area contributed by atoms with E-state index >= 15 is 0 Å². The molecule has 1 atom stereocenters. The van der Waals surface area contributed by atoms with E-state index in [-0.39, 0.29) is 5.91 Å². The monoisotopic (exact) mass is 316 g/mol. The van der Waals surface area contributed by atoms with Gasteiger partial charge in [0.05, 0.1) is 17.9 Å². The normalized spacial score (nSPS) is 19.0. The van der Waals surface area contributed by atoms with Gasteiger partial charge in [0.2, 0.25) is 0 Å². The van der Waals surface area contributed by atoms with Gasteiger partial charge in [-0.15, -0.1) is 0 Å². The first-order chi connectivity index (χ1) is 11.1. The van der Waals surface area contributed by atoms with E-state index < -0.39 is 0 Å². The second-order valence-electron chi connectivity index (χ2n) is 6.09. The lowest BCUT2D eigenvalue weighted by Gasteiger charge is -2.35. The number of rotatable bonds is 4. The van der Waals surface area contributed by atoms with Gasteiger partial charge in [0, 0.05) is 33.4 Å². The highest BCUT2D eigenvalue weighted by Crippen LogP contribution is 2.32. The fourth-order valence-corrected chi connectivity index (χ4v) is 3.40. The van der Waals surface area contributed by atoms with Gasteiger partial charge in [-0.1, -0.05) is 6.42 Å². The average molecular weight is 316 g/mol. The lowest BCUT2D eigenvalue weighted by molar-refractivity contribution is 0.0952. The van der Waals surface area contributed by atoms with E-state index in [1.54, 1.807) is 11.8 Å². The Labute approximate surface area is 136 Å². The van der Waals surface area contributed by atoms with Crippen LogP contribution < -0.4 is 5.32 Å². The van der Waals surface area contributed by atoms with Crippen LogP contribution >= 0.6 is 0 Å². The minimum Gasteiger partial charge on any atom is -0.354 e. The summed E-state index contributed by atoms with van der Waals surface area (Å²) in [6, 6.07) is 4.29. The summed E-state index contributed by atoms with van der Waals surface area (Å²) >= 11 is 0. The Morgan fingerprint density at radius 1 is 1.35 bits per heavy atom. The van der Waals surface area contributed by atoms with Crippen molar-refractivity contribution < 1.29 is 4.79 Å². The molecule has 0 saturated carbocycles. The van der Waals surface area contributed by atoms with Gasteiger partial charge in [-0.25, -0.2) is 0 Å². The van der Waals surface area contributed by atoms with Crippen LogP contribution in [0.1, 0.15) is 47.2 Å². The van der Waals surface area contributed by atoms with E-state index in [2.05, 4.69) is 26.5 Å². The second kappa shape index (κ2) is 6.54. The van der Waals surface area contributed by atoms with E-state index in [9.17, 15) is 4.79 Å². The van der Waals surface area contributed by atoms with Gasteiger partial charge in [0.1, 0.15) is 5.69 Å². The minimum atomic E-state index is -0.0463. The van der Waals surface area contributed by atoms with E-state index in [1.807, 2.05) is 30.9 Å². The third kappa shape index (κ3) is 3.14. The van der Waals surface area contributed by atoms with Gasteiger partial charge in [-0.2, -0.15) is 15.0 Å². The van der Waals surface area contributed by atoms with Crippen molar-refractivity contribution in [2.45, 2.75) is 31.8 Å². The van der Waals surface area contributed by atoms with E-state index in [0.717, 1.165) is 25.2 Å². The van der Waals surface area contributed by atoms with E-state index in [1.165, 1.54) is 18.5 Å². The molecule has 2 aromatic rings. The largest absolute Gasteiger partial charge is 0.354 e. The van der Waals surface area contributed by atoms with E-state index in [4.69, 9.17) is 0 Å². The summed E-state index contributed by atoms with van der Waals surface area (Å²) < 4.78 is 2.01. The predicted octanol–water partition coefficient (Wildman–Crippen LogP) is 1.24. The summed E-state index contributed by atoms with van der Waals surface area (Å²) in [6.45, 7) is 1.83. The maximum atomic E-state index is 11.9. The van der Waals surface area contributed by atoms with E-state index in [0.29, 0.717) is 11.7 Å². The number of amides is 1. The molecular formula is C16H24N6O. The summed E-state index contributed by atoms with van der Waals surface area (Å²) in [4.78, 5) is 16.0. The average Bonchev–Trinajstić information content (AvgIpc) is 3.13. The number of carbonyl (C=O) groups is 1. The number of likely N-dealkylation sites (tertiary alicyclic amines) is 1. The Hall–Kier alpha value is -2.15. The summed E-state index contributed by atoms with van der Waals surface area (Å²) in [5, 5.41) is 11.2. The van der Waals surface area contributed by atoms with Gasteiger partial charge in [-0.3, -0.25) is 9.69 Å². The van der Waals surface area contributed by atoms with Crippen LogP contribution in [0.5, 0.6) is 0 Å². The number of hydrogen-bond acceptors (Lipinski definition) is 4. The minimum absolute atomic E-state index is 0.0463. The molecule has 7 heteroatoms. The standard InChI is InChI=1S/C16H24N6O/c1-17-16(23)15-8-7-13(20(15)2)14-6-4-5-9-22(14)11-12-10-18-21(3)19-12/h7-8,10,14H,4-6,9,11H2,1-3H3,(H,17,23). The Morgan fingerprint density at radius 2 is 2.17 bits per heavy atom. The summed E-state index contributed by atoms with van der Waals surface area (Å²) in [5.74, 6) is -0.0463. The molecule has 0 bridgehead atoms. The van der Waals surface area contributed by atoms with Crippen LogP contribution in [0.25, 0.3) is 0 Å². The molecule has 3 heterocycles.